The molecule has 0 aliphatic carbocycles. The number of anilines is 1. The van der Waals surface area contributed by atoms with E-state index in [0.717, 1.165) is 12.2 Å². The summed E-state index contributed by atoms with van der Waals surface area (Å²) in [6.07, 6.45) is 2.65. The summed E-state index contributed by atoms with van der Waals surface area (Å²) in [5.41, 5.74) is 5.70. The van der Waals surface area contributed by atoms with Gasteiger partial charge in [0.25, 0.3) is 5.78 Å². The Bertz CT molecular complexity index is 464. The lowest BCUT2D eigenvalue weighted by atomic mass is 10.5. The van der Waals surface area contributed by atoms with Crippen LogP contribution in [0, 0.1) is 0 Å². The summed E-state index contributed by atoms with van der Waals surface area (Å²) in [7, 11) is 0. The predicted molar refractivity (Wildman–Crippen MR) is 54.1 cm³/mol. The second kappa shape index (κ2) is 3.41. The van der Waals surface area contributed by atoms with Crippen LogP contribution in [-0.2, 0) is 6.42 Å². The maximum absolute atomic E-state index is 5.70. The van der Waals surface area contributed by atoms with E-state index in [0.29, 0.717) is 16.9 Å². The van der Waals surface area contributed by atoms with Gasteiger partial charge in [0.2, 0.25) is 5.95 Å². The largest absolute Gasteiger partial charge is 0.368 e. The minimum absolute atomic E-state index is 0.326. The summed E-state index contributed by atoms with van der Waals surface area (Å²) in [6.45, 7) is 1.98. The van der Waals surface area contributed by atoms with Gasteiger partial charge in [-0.1, -0.05) is 18.7 Å². The number of fused-ring (bicyclic) bond motifs is 1. The highest BCUT2D eigenvalue weighted by atomic mass is 32.2. The Labute approximate surface area is 85.0 Å². The number of aryl methyl sites for hydroxylation is 1. The van der Waals surface area contributed by atoms with Gasteiger partial charge in [0.1, 0.15) is 0 Å². The van der Waals surface area contributed by atoms with Crippen molar-refractivity contribution >= 4 is 23.5 Å². The fourth-order valence-corrected chi connectivity index (χ4v) is 1.43. The molecule has 0 aliphatic heterocycles. The van der Waals surface area contributed by atoms with Crippen LogP contribution in [0.2, 0.25) is 0 Å². The van der Waals surface area contributed by atoms with Gasteiger partial charge in [-0.25, -0.2) is 0 Å². The fraction of sp³-hybridized carbons (Fsp3) is 0.429. The van der Waals surface area contributed by atoms with E-state index in [4.69, 9.17) is 5.73 Å². The maximum Gasteiger partial charge on any atom is 0.258 e. The minimum Gasteiger partial charge on any atom is -0.368 e. The van der Waals surface area contributed by atoms with Gasteiger partial charge in [0.15, 0.2) is 11.0 Å². The highest BCUT2D eigenvalue weighted by Gasteiger charge is 2.08. The number of nitrogens with zero attached hydrogens (tertiary/aromatic N) is 5. The van der Waals surface area contributed by atoms with Gasteiger partial charge in [-0.3, -0.25) is 0 Å². The third kappa shape index (κ3) is 1.39. The minimum atomic E-state index is 0.326. The van der Waals surface area contributed by atoms with Gasteiger partial charge < -0.3 is 5.73 Å². The first-order chi connectivity index (χ1) is 6.74. The van der Waals surface area contributed by atoms with Crippen LogP contribution in [0.4, 0.5) is 5.95 Å². The molecule has 0 unspecified atom stereocenters. The van der Waals surface area contributed by atoms with Crippen molar-refractivity contribution in [3.8, 4) is 0 Å². The molecule has 0 aromatic carbocycles. The van der Waals surface area contributed by atoms with Crippen molar-refractivity contribution in [3.63, 3.8) is 0 Å². The molecule has 2 heterocycles. The monoisotopic (exact) mass is 210 g/mol. The van der Waals surface area contributed by atoms with Crippen molar-refractivity contribution in [3.05, 3.63) is 5.82 Å². The zero-order valence-electron chi connectivity index (χ0n) is 7.93. The molecule has 74 valence electrons. The molecule has 0 saturated carbocycles. The average Bonchev–Trinajstić information content (AvgIpc) is 2.61. The Kier molecular flexibility index (Phi) is 2.24. The summed E-state index contributed by atoms with van der Waals surface area (Å²) in [5, 5.41) is 4.77. The molecular weight excluding hydrogens is 200 g/mol. The second-order valence-electron chi connectivity index (χ2n) is 2.66. The first kappa shape index (κ1) is 9.20. The quantitative estimate of drug-likeness (QED) is 0.722. The van der Waals surface area contributed by atoms with Crippen molar-refractivity contribution in [2.45, 2.75) is 18.5 Å². The number of thioether (sulfide) groups is 1. The van der Waals surface area contributed by atoms with E-state index in [1.807, 2.05) is 13.2 Å². The third-order valence-corrected chi connectivity index (χ3v) is 2.30. The molecule has 0 spiro atoms. The Morgan fingerprint density at radius 3 is 2.79 bits per heavy atom. The molecule has 0 atom stereocenters. The fourth-order valence-electron chi connectivity index (χ4n) is 1.07. The molecular formula is C7H10N6S. The number of nitrogens with two attached hydrogens (primary N) is 1. The van der Waals surface area contributed by atoms with Crippen molar-refractivity contribution in [1.29, 1.82) is 0 Å². The molecule has 2 aromatic heterocycles. The van der Waals surface area contributed by atoms with Gasteiger partial charge in [0.05, 0.1) is 0 Å². The van der Waals surface area contributed by atoms with E-state index < -0.39 is 0 Å². The molecule has 14 heavy (non-hydrogen) atoms. The van der Waals surface area contributed by atoms with Crippen LogP contribution in [0.5, 0.6) is 0 Å². The number of rotatable bonds is 2. The molecule has 2 aromatic rings. The molecule has 2 rings (SSSR count). The van der Waals surface area contributed by atoms with E-state index in [2.05, 4.69) is 20.1 Å². The van der Waals surface area contributed by atoms with E-state index in [1.165, 1.54) is 16.3 Å². The number of hydrogen-bond acceptors (Lipinski definition) is 6. The lowest BCUT2D eigenvalue weighted by Crippen LogP contribution is -2.04. The highest BCUT2D eigenvalue weighted by Crippen LogP contribution is 2.11. The second-order valence-corrected chi connectivity index (χ2v) is 3.44. The summed E-state index contributed by atoms with van der Waals surface area (Å²) in [5.74, 6) is 1.56. The van der Waals surface area contributed by atoms with Crippen LogP contribution >= 0.6 is 11.8 Å². The van der Waals surface area contributed by atoms with Crippen LogP contribution in [-0.4, -0.2) is 30.8 Å². The average molecular weight is 210 g/mol. The Balaban J connectivity index is 2.67. The van der Waals surface area contributed by atoms with E-state index >= 15 is 0 Å². The molecule has 7 heteroatoms. The SMILES string of the molecule is CCc1nc2nc(SC)nc(N)n2n1. The maximum atomic E-state index is 5.70. The normalized spacial score (nSPS) is 11.0. The van der Waals surface area contributed by atoms with Gasteiger partial charge in [0, 0.05) is 6.42 Å². The standard InChI is InChI=1S/C7H10N6S/c1-3-4-9-6-11-7(14-2)10-5(8)13(6)12-4/h3H2,1-2H3,(H2,8,9,10,11,12). The zero-order valence-corrected chi connectivity index (χ0v) is 8.75. The van der Waals surface area contributed by atoms with Crippen LogP contribution < -0.4 is 5.73 Å². The van der Waals surface area contributed by atoms with E-state index in [1.54, 1.807) is 0 Å². The molecule has 0 amide bonds. The topological polar surface area (TPSA) is 82.0 Å². The van der Waals surface area contributed by atoms with Crippen LogP contribution in [0.3, 0.4) is 0 Å². The Hall–Kier alpha value is -1.37. The molecule has 2 N–H and O–H groups in total. The van der Waals surface area contributed by atoms with Gasteiger partial charge in [-0.2, -0.15) is 19.5 Å². The Morgan fingerprint density at radius 1 is 1.36 bits per heavy atom. The van der Waals surface area contributed by atoms with Crippen molar-refractivity contribution in [2.75, 3.05) is 12.0 Å². The molecule has 0 radical (unpaired) electrons. The lowest BCUT2D eigenvalue weighted by molar-refractivity contribution is 0.832. The molecule has 0 aliphatic rings. The number of nitrogen functional groups attached to an aromatic ring is 1. The molecule has 0 bridgehead atoms. The molecule has 6 nitrogen and oxygen atoms in total. The predicted octanol–water partition coefficient (Wildman–Crippen LogP) is 0.386. The van der Waals surface area contributed by atoms with Crippen LogP contribution in [0.1, 0.15) is 12.7 Å². The van der Waals surface area contributed by atoms with Crippen molar-refractivity contribution in [2.24, 2.45) is 0 Å². The van der Waals surface area contributed by atoms with Crippen LogP contribution in [0.25, 0.3) is 5.78 Å². The molecule has 0 fully saturated rings. The summed E-state index contributed by atoms with van der Waals surface area (Å²) in [4.78, 5) is 12.4. The highest BCUT2D eigenvalue weighted by molar-refractivity contribution is 7.98. The van der Waals surface area contributed by atoms with E-state index in [9.17, 15) is 0 Å². The van der Waals surface area contributed by atoms with Gasteiger partial charge in [-0.05, 0) is 6.26 Å². The third-order valence-electron chi connectivity index (χ3n) is 1.76. The first-order valence-electron chi connectivity index (χ1n) is 4.17. The number of hydrogen-bond donors (Lipinski definition) is 1. The van der Waals surface area contributed by atoms with Crippen molar-refractivity contribution < 1.29 is 0 Å². The summed E-state index contributed by atoms with van der Waals surface area (Å²) >= 11 is 1.43. The van der Waals surface area contributed by atoms with E-state index in [-0.39, 0.29) is 0 Å². The summed E-state index contributed by atoms with van der Waals surface area (Å²) in [6, 6.07) is 0. The number of aromatic nitrogens is 5. The molecule has 0 saturated heterocycles. The Morgan fingerprint density at radius 2 is 2.14 bits per heavy atom. The zero-order chi connectivity index (χ0) is 10.1. The summed E-state index contributed by atoms with van der Waals surface area (Å²) < 4.78 is 1.46. The smallest absolute Gasteiger partial charge is 0.258 e. The van der Waals surface area contributed by atoms with Crippen LogP contribution in [0.15, 0.2) is 5.16 Å². The van der Waals surface area contributed by atoms with Gasteiger partial charge >= 0.3 is 0 Å². The van der Waals surface area contributed by atoms with Crippen molar-refractivity contribution in [1.82, 2.24) is 24.6 Å². The van der Waals surface area contributed by atoms with Gasteiger partial charge in [-0.15, -0.1) is 5.10 Å². The first-order valence-corrected chi connectivity index (χ1v) is 5.40. The lowest BCUT2D eigenvalue weighted by Gasteiger charge is -1.97.